The van der Waals surface area contributed by atoms with E-state index in [1.165, 1.54) is 6.20 Å². The van der Waals surface area contributed by atoms with Crippen LogP contribution in [0.15, 0.2) is 42.6 Å². The van der Waals surface area contributed by atoms with Gasteiger partial charge < -0.3 is 9.80 Å². The lowest BCUT2D eigenvalue weighted by Gasteiger charge is -2.63. The number of hydrogen-bond acceptors (Lipinski definition) is 5. The van der Waals surface area contributed by atoms with E-state index in [1.807, 2.05) is 4.90 Å². The van der Waals surface area contributed by atoms with E-state index in [1.54, 1.807) is 29.7 Å². The Balaban J connectivity index is 1.43. The fraction of sp³-hybridized carbons (Fsp3) is 0.294. The number of alkyl halides is 3. The summed E-state index contributed by atoms with van der Waals surface area (Å²) in [5.41, 5.74) is 2.16. The highest BCUT2D eigenvalue weighted by Gasteiger charge is 2.52. The van der Waals surface area contributed by atoms with Gasteiger partial charge in [0.05, 0.1) is 17.6 Å². The van der Waals surface area contributed by atoms with Gasteiger partial charge in [-0.25, -0.2) is 10.5 Å². The highest BCUT2D eigenvalue weighted by Crippen LogP contribution is 2.40. The van der Waals surface area contributed by atoms with Gasteiger partial charge in [-0.15, -0.1) is 0 Å². The van der Waals surface area contributed by atoms with E-state index in [9.17, 15) is 18.0 Å². The van der Waals surface area contributed by atoms with Crippen LogP contribution in [0, 0.1) is 0 Å². The second kappa shape index (κ2) is 5.87. The van der Waals surface area contributed by atoms with Crippen LogP contribution in [0.2, 0.25) is 0 Å². The molecule has 26 heavy (non-hydrogen) atoms. The van der Waals surface area contributed by atoms with Gasteiger partial charge >= 0.3 is 6.18 Å². The minimum Gasteiger partial charge on any atom is -0.362 e. The fourth-order valence-electron chi connectivity index (χ4n) is 3.43. The van der Waals surface area contributed by atoms with Crippen molar-refractivity contribution in [3.63, 3.8) is 0 Å². The fourth-order valence-corrected chi connectivity index (χ4v) is 3.43. The summed E-state index contributed by atoms with van der Waals surface area (Å²) in [6.45, 7) is 1.27. The normalized spacial score (nSPS) is 21.5. The molecule has 2 aromatic rings. The maximum Gasteiger partial charge on any atom is 0.416 e. The van der Waals surface area contributed by atoms with E-state index in [0.29, 0.717) is 24.5 Å². The van der Waals surface area contributed by atoms with Crippen molar-refractivity contribution in [1.82, 2.24) is 10.5 Å². The molecule has 4 rings (SSSR count). The number of piperazine rings is 1. The Labute approximate surface area is 146 Å². The van der Waals surface area contributed by atoms with Crippen molar-refractivity contribution in [2.75, 3.05) is 22.9 Å². The Morgan fingerprint density at radius 1 is 1.12 bits per heavy atom. The third kappa shape index (κ3) is 2.64. The van der Waals surface area contributed by atoms with Crippen LogP contribution in [-0.4, -0.2) is 41.3 Å². The molecule has 3 heterocycles. The van der Waals surface area contributed by atoms with Gasteiger partial charge in [0.1, 0.15) is 5.82 Å². The van der Waals surface area contributed by atoms with Crippen LogP contribution < -0.4 is 15.3 Å². The average Bonchev–Trinajstić information content (AvgIpc) is 2.62. The number of rotatable bonds is 3. The third-order valence-electron chi connectivity index (χ3n) is 4.94. The smallest absolute Gasteiger partial charge is 0.362 e. The summed E-state index contributed by atoms with van der Waals surface area (Å²) >= 11 is 0. The number of carbonyl (C=O) groups is 1. The maximum absolute atomic E-state index is 12.8. The largest absolute Gasteiger partial charge is 0.416 e. The standard InChI is InChI=1S/C17H15F3N4O2/c18-17(19,20)11-5-6-21-15(7-11)24-9-13-14(24)8-23(13)12-3-1-10(2-4-12)16(25)22-26/h1-7,13-14,26H,8-9H2,(H,22,25)/t13?,14-/m0/s1. The van der Waals surface area contributed by atoms with Crippen LogP contribution >= 0.6 is 0 Å². The molecule has 1 unspecified atom stereocenters. The topological polar surface area (TPSA) is 68.7 Å². The lowest BCUT2D eigenvalue weighted by atomic mass is 9.84. The van der Waals surface area contributed by atoms with Gasteiger partial charge in [0.15, 0.2) is 0 Å². The number of nitrogens with one attached hydrogen (secondary N) is 1. The molecule has 0 spiro atoms. The summed E-state index contributed by atoms with van der Waals surface area (Å²) in [4.78, 5) is 19.4. The van der Waals surface area contributed by atoms with Crippen molar-refractivity contribution in [3.05, 3.63) is 53.7 Å². The second-order valence-corrected chi connectivity index (χ2v) is 6.33. The zero-order chi connectivity index (χ0) is 18.5. The number of benzene rings is 1. The predicted molar refractivity (Wildman–Crippen MR) is 87.2 cm³/mol. The number of carbonyl (C=O) groups excluding carboxylic acids is 1. The van der Waals surface area contributed by atoms with Crippen LogP contribution in [-0.2, 0) is 6.18 Å². The number of hydrogen-bond donors (Lipinski definition) is 2. The molecule has 0 saturated carbocycles. The predicted octanol–water partition coefficient (Wildman–Crippen LogP) is 2.30. The number of pyridine rings is 1. The van der Waals surface area contributed by atoms with Crippen molar-refractivity contribution < 1.29 is 23.2 Å². The molecule has 6 nitrogen and oxygen atoms in total. The van der Waals surface area contributed by atoms with E-state index in [2.05, 4.69) is 9.88 Å². The monoisotopic (exact) mass is 364 g/mol. The number of anilines is 2. The number of aromatic nitrogens is 1. The van der Waals surface area contributed by atoms with Gasteiger partial charge in [0.25, 0.3) is 5.91 Å². The maximum atomic E-state index is 12.8. The van der Waals surface area contributed by atoms with Crippen molar-refractivity contribution in [2.45, 2.75) is 18.3 Å². The zero-order valence-electron chi connectivity index (χ0n) is 13.4. The molecule has 2 saturated heterocycles. The van der Waals surface area contributed by atoms with Crippen molar-refractivity contribution in [1.29, 1.82) is 0 Å². The minimum atomic E-state index is -4.38. The minimum absolute atomic E-state index is 0.131. The Kier molecular flexibility index (Phi) is 3.76. The summed E-state index contributed by atoms with van der Waals surface area (Å²) in [5.74, 6) is -0.237. The van der Waals surface area contributed by atoms with Crippen molar-refractivity contribution >= 4 is 17.4 Å². The molecule has 0 radical (unpaired) electrons. The van der Waals surface area contributed by atoms with E-state index in [0.717, 1.165) is 17.8 Å². The number of halogens is 3. The SMILES string of the molecule is O=C(NO)c1ccc(N2C[C@H]3C2CN3c2cc(C(F)(F)F)ccn2)cc1. The molecule has 0 bridgehead atoms. The lowest BCUT2D eigenvalue weighted by molar-refractivity contribution is -0.137. The second-order valence-electron chi connectivity index (χ2n) is 6.33. The Morgan fingerprint density at radius 3 is 2.35 bits per heavy atom. The first-order chi connectivity index (χ1) is 12.4. The highest BCUT2D eigenvalue weighted by molar-refractivity contribution is 5.93. The van der Waals surface area contributed by atoms with Crippen molar-refractivity contribution in [3.8, 4) is 0 Å². The summed E-state index contributed by atoms with van der Waals surface area (Å²) in [7, 11) is 0. The van der Waals surface area contributed by atoms with Gasteiger partial charge in [-0.2, -0.15) is 13.2 Å². The van der Waals surface area contributed by atoms with E-state index >= 15 is 0 Å². The summed E-state index contributed by atoms with van der Waals surface area (Å²) < 4.78 is 38.5. The molecule has 2 atom stereocenters. The van der Waals surface area contributed by atoms with E-state index in [4.69, 9.17) is 5.21 Å². The average molecular weight is 364 g/mol. The quantitative estimate of drug-likeness (QED) is 0.646. The third-order valence-corrected chi connectivity index (χ3v) is 4.94. The summed E-state index contributed by atoms with van der Waals surface area (Å²) in [6.07, 6.45) is -3.19. The number of amides is 1. The van der Waals surface area contributed by atoms with Gasteiger partial charge in [0.2, 0.25) is 0 Å². The van der Waals surface area contributed by atoms with Crippen LogP contribution in [0.3, 0.4) is 0 Å². The van der Waals surface area contributed by atoms with Gasteiger partial charge in [-0.05, 0) is 36.4 Å². The molecule has 1 aromatic carbocycles. The van der Waals surface area contributed by atoms with Crippen molar-refractivity contribution in [2.24, 2.45) is 0 Å². The lowest BCUT2D eigenvalue weighted by Crippen LogP contribution is -2.79. The summed E-state index contributed by atoms with van der Waals surface area (Å²) in [6, 6.07) is 9.19. The van der Waals surface area contributed by atoms with Crippen LogP contribution in [0.25, 0.3) is 0 Å². The molecule has 2 aliphatic rings. The number of nitrogens with zero attached hydrogens (tertiary/aromatic N) is 3. The molecular weight excluding hydrogens is 349 g/mol. The Morgan fingerprint density at radius 2 is 1.77 bits per heavy atom. The number of fused-ring (bicyclic) bond motifs is 1. The molecule has 9 heteroatoms. The first-order valence-corrected chi connectivity index (χ1v) is 7.99. The molecule has 2 aliphatic heterocycles. The number of hydroxylamine groups is 1. The molecule has 1 amide bonds. The zero-order valence-corrected chi connectivity index (χ0v) is 13.4. The molecule has 136 valence electrons. The van der Waals surface area contributed by atoms with Crippen LogP contribution in [0.5, 0.6) is 0 Å². The molecule has 2 fully saturated rings. The molecule has 0 aliphatic carbocycles. The Hall–Kier alpha value is -2.81. The molecule has 1 aromatic heterocycles. The van der Waals surface area contributed by atoms with Gasteiger partial charge in [0, 0.05) is 30.5 Å². The highest BCUT2D eigenvalue weighted by atomic mass is 19.4. The summed E-state index contributed by atoms with van der Waals surface area (Å²) in [5, 5.41) is 8.63. The molecular formula is C17H15F3N4O2. The van der Waals surface area contributed by atoms with E-state index < -0.39 is 17.6 Å². The van der Waals surface area contributed by atoms with E-state index in [-0.39, 0.29) is 12.1 Å². The van der Waals surface area contributed by atoms with Crippen LogP contribution in [0.1, 0.15) is 15.9 Å². The van der Waals surface area contributed by atoms with Crippen LogP contribution in [0.4, 0.5) is 24.7 Å². The van der Waals surface area contributed by atoms with Gasteiger partial charge in [-0.3, -0.25) is 10.0 Å². The first kappa shape index (κ1) is 16.6. The van der Waals surface area contributed by atoms with Gasteiger partial charge in [-0.1, -0.05) is 0 Å². The molecule has 2 N–H and O–H groups in total. The Bertz CT molecular complexity index is 841. The first-order valence-electron chi connectivity index (χ1n) is 7.99.